The summed E-state index contributed by atoms with van der Waals surface area (Å²) in [4.78, 5) is 13.5. The molecule has 1 saturated heterocycles. The van der Waals surface area contributed by atoms with Crippen molar-refractivity contribution in [2.24, 2.45) is 0 Å². The van der Waals surface area contributed by atoms with E-state index in [4.69, 9.17) is 4.74 Å². The van der Waals surface area contributed by atoms with Crippen molar-refractivity contribution in [1.82, 2.24) is 10.6 Å². The second-order valence-electron chi connectivity index (χ2n) is 4.92. The number of hydrogen-bond donors (Lipinski definition) is 2. The first-order valence-electron chi connectivity index (χ1n) is 6.84. The maximum Gasteiger partial charge on any atom is 0.237 e. The van der Waals surface area contributed by atoms with Gasteiger partial charge in [0.2, 0.25) is 5.91 Å². The van der Waals surface area contributed by atoms with Crippen molar-refractivity contribution in [2.75, 3.05) is 13.7 Å². The summed E-state index contributed by atoms with van der Waals surface area (Å²) in [5, 5.41) is 8.43. The molecule has 2 N–H and O–H groups in total. The van der Waals surface area contributed by atoms with Gasteiger partial charge >= 0.3 is 0 Å². The first-order chi connectivity index (χ1) is 9.24. The van der Waals surface area contributed by atoms with E-state index in [2.05, 4.69) is 29.0 Å². The monoisotopic (exact) mass is 282 g/mol. The van der Waals surface area contributed by atoms with Crippen molar-refractivity contribution in [3.05, 3.63) is 22.4 Å². The molecule has 1 fully saturated rings. The van der Waals surface area contributed by atoms with Crippen molar-refractivity contribution in [1.29, 1.82) is 0 Å². The normalized spacial score (nSPS) is 24.3. The molecule has 2 rings (SSSR count). The highest BCUT2D eigenvalue weighted by Gasteiger charge is 2.30. The fourth-order valence-corrected chi connectivity index (χ4v) is 3.23. The zero-order chi connectivity index (χ0) is 13.7. The highest BCUT2D eigenvalue weighted by atomic mass is 32.1. The summed E-state index contributed by atoms with van der Waals surface area (Å²) in [5.74, 6) is 0.0893. The molecule has 0 radical (unpaired) electrons. The second-order valence-corrected chi connectivity index (χ2v) is 5.90. The zero-order valence-electron chi connectivity index (χ0n) is 11.5. The van der Waals surface area contributed by atoms with E-state index in [0.717, 1.165) is 25.8 Å². The molecule has 4 nitrogen and oxygen atoms in total. The van der Waals surface area contributed by atoms with Crippen LogP contribution in [0.25, 0.3) is 0 Å². The van der Waals surface area contributed by atoms with E-state index < -0.39 is 0 Å². The molecule has 1 aliphatic rings. The highest BCUT2D eigenvalue weighted by Crippen LogP contribution is 2.23. The molecule has 1 amide bonds. The SMILES string of the molecule is CCCC(NC(=O)C1CC(OC)CN1)c1cccs1. The van der Waals surface area contributed by atoms with Gasteiger partial charge in [-0.15, -0.1) is 11.3 Å². The third kappa shape index (κ3) is 3.78. The quantitative estimate of drug-likeness (QED) is 0.840. The van der Waals surface area contributed by atoms with Gasteiger partial charge in [-0.3, -0.25) is 4.79 Å². The molecule has 1 aromatic heterocycles. The molecule has 0 spiro atoms. The average Bonchev–Trinajstić information content (AvgIpc) is 3.09. The molecular weight excluding hydrogens is 260 g/mol. The minimum atomic E-state index is -0.121. The Labute approximate surface area is 118 Å². The number of nitrogens with one attached hydrogen (secondary N) is 2. The van der Waals surface area contributed by atoms with Gasteiger partial charge in [0.15, 0.2) is 0 Å². The fourth-order valence-electron chi connectivity index (χ4n) is 2.42. The van der Waals surface area contributed by atoms with Gasteiger partial charge in [-0.05, 0) is 24.3 Å². The van der Waals surface area contributed by atoms with E-state index in [1.54, 1.807) is 18.4 Å². The first-order valence-corrected chi connectivity index (χ1v) is 7.72. The molecule has 0 aliphatic carbocycles. The van der Waals surface area contributed by atoms with Crippen LogP contribution < -0.4 is 10.6 Å². The number of carbonyl (C=O) groups excluding carboxylic acids is 1. The predicted molar refractivity (Wildman–Crippen MR) is 77.3 cm³/mol. The minimum Gasteiger partial charge on any atom is -0.380 e. The average molecular weight is 282 g/mol. The van der Waals surface area contributed by atoms with Crippen LogP contribution in [0.5, 0.6) is 0 Å². The molecule has 0 aromatic carbocycles. The van der Waals surface area contributed by atoms with E-state index in [9.17, 15) is 4.79 Å². The third-order valence-corrected chi connectivity index (χ3v) is 4.51. The predicted octanol–water partition coefficient (Wildman–Crippen LogP) is 2.08. The van der Waals surface area contributed by atoms with Gasteiger partial charge in [0, 0.05) is 18.5 Å². The van der Waals surface area contributed by atoms with E-state index in [0.29, 0.717) is 0 Å². The zero-order valence-corrected chi connectivity index (χ0v) is 12.3. The molecule has 106 valence electrons. The number of ether oxygens (including phenoxy) is 1. The van der Waals surface area contributed by atoms with E-state index in [1.165, 1.54) is 4.88 Å². The Hall–Kier alpha value is -0.910. The lowest BCUT2D eigenvalue weighted by Gasteiger charge is -2.19. The number of carbonyl (C=O) groups is 1. The van der Waals surface area contributed by atoms with Crippen LogP contribution in [0.15, 0.2) is 17.5 Å². The van der Waals surface area contributed by atoms with Crippen LogP contribution in [-0.2, 0) is 9.53 Å². The molecule has 5 heteroatoms. The molecule has 0 bridgehead atoms. The van der Waals surface area contributed by atoms with Crippen LogP contribution in [0, 0.1) is 0 Å². The van der Waals surface area contributed by atoms with Gasteiger partial charge in [0.1, 0.15) is 0 Å². The Morgan fingerprint density at radius 3 is 3.11 bits per heavy atom. The Kier molecular flexibility index (Phi) is 5.36. The van der Waals surface area contributed by atoms with Crippen LogP contribution in [-0.4, -0.2) is 31.7 Å². The van der Waals surface area contributed by atoms with Crippen LogP contribution in [0.4, 0.5) is 0 Å². The van der Waals surface area contributed by atoms with Crippen molar-refractivity contribution in [2.45, 2.75) is 44.4 Å². The lowest BCUT2D eigenvalue weighted by molar-refractivity contribution is -0.123. The first kappa shape index (κ1) is 14.5. The van der Waals surface area contributed by atoms with Gasteiger partial charge in [0.25, 0.3) is 0 Å². The number of rotatable bonds is 6. The maximum absolute atomic E-state index is 12.3. The minimum absolute atomic E-state index is 0.0893. The number of thiophene rings is 1. The largest absolute Gasteiger partial charge is 0.380 e. The number of amides is 1. The lowest BCUT2D eigenvalue weighted by Crippen LogP contribution is -2.41. The standard InChI is InChI=1S/C14H22N2O2S/c1-3-5-11(13-6-4-7-19-13)16-14(17)12-8-10(18-2)9-15-12/h4,6-7,10-12,15H,3,5,8-9H2,1-2H3,(H,16,17). The van der Waals surface area contributed by atoms with Crippen molar-refractivity contribution >= 4 is 17.2 Å². The van der Waals surface area contributed by atoms with Crippen LogP contribution >= 0.6 is 11.3 Å². The summed E-state index contributed by atoms with van der Waals surface area (Å²) in [6.07, 6.45) is 2.95. The summed E-state index contributed by atoms with van der Waals surface area (Å²) in [6.45, 7) is 2.90. The Morgan fingerprint density at radius 2 is 2.53 bits per heavy atom. The van der Waals surface area contributed by atoms with Crippen LogP contribution in [0.2, 0.25) is 0 Å². The Bertz CT molecular complexity index is 394. The highest BCUT2D eigenvalue weighted by molar-refractivity contribution is 7.10. The van der Waals surface area contributed by atoms with Gasteiger partial charge in [0.05, 0.1) is 18.2 Å². The summed E-state index contributed by atoms with van der Waals surface area (Å²) >= 11 is 1.70. The summed E-state index contributed by atoms with van der Waals surface area (Å²) in [6, 6.07) is 4.14. The summed E-state index contributed by atoms with van der Waals surface area (Å²) < 4.78 is 5.28. The fraction of sp³-hybridized carbons (Fsp3) is 0.643. The molecule has 3 unspecified atom stereocenters. The smallest absolute Gasteiger partial charge is 0.237 e. The van der Waals surface area contributed by atoms with Crippen molar-refractivity contribution in [3.63, 3.8) is 0 Å². The third-order valence-electron chi connectivity index (χ3n) is 3.52. The Balaban J connectivity index is 1.92. The summed E-state index contributed by atoms with van der Waals surface area (Å²) in [7, 11) is 1.69. The molecule has 19 heavy (non-hydrogen) atoms. The lowest BCUT2D eigenvalue weighted by atomic mass is 10.1. The van der Waals surface area contributed by atoms with Crippen LogP contribution in [0.3, 0.4) is 0 Å². The van der Waals surface area contributed by atoms with E-state index in [-0.39, 0.29) is 24.1 Å². The van der Waals surface area contributed by atoms with Gasteiger partial charge in [-0.2, -0.15) is 0 Å². The van der Waals surface area contributed by atoms with Crippen molar-refractivity contribution in [3.8, 4) is 0 Å². The van der Waals surface area contributed by atoms with E-state index in [1.807, 2.05) is 6.07 Å². The van der Waals surface area contributed by atoms with Gasteiger partial charge < -0.3 is 15.4 Å². The Morgan fingerprint density at radius 1 is 1.68 bits per heavy atom. The molecular formula is C14H22N2O2S. The van der Waals surface area contributed by atoms with Crippen LogP contribution in [0.1, 0.15) is 37.1 Å². The maximum atomic E-state index is 12.3. The van der Waals surface area contributed by atoms with Gasteiger partial charge in [-0.1, -0.05) is 19.4 Å². The molecule has 3 atom stereocenters. The molecule has 1 aliphatic heterocycles. The van der Waals surface area contributed by atoms with Crippen molar-refractivity contribution < 1.29 is 9.53 Å². The second kappa shape index (κ2) is 7.03. The summed E-state index contributed by atoms with van der Waals surface area (Å²) in [5.41, 5.74) is 0. The molecule has 0 saturated carbocycles. The number of hydrogen-bond acceptors (Lipinski definition) is 4. The molecule has 2 heterocycles. The molecule has 1 aromatic rings. The van der Waals surface area contributed by atoms with Gasteiger partial charge in [-0.25, -0.2) is 0 Å². The number of methoxy groups -OCH3 is 1. The topological polar surface area (TPSA) is 50.4 Å². The van der Waals surface area contributed by atoms with E-state index >= 15 is 0 Å².